The summed E-state index contributed by atoms with van der Waals surface area (Å²) >= 11 is 0. The molecule has 6 aromatic carbocycles. The van der Waals surface area contributed by atoms with Crippen molar-refractivity contribution in [3.05, 3.63) is 178 Å². The second-order valence-electron chi connectivity index (χ2n) is 16.0. The van der Waals surface area contributed by atoms with Crippen LogP contribution in [0.25, 0.3) is 22.3 Å². The maximum Gasteiger partial charge on any atom is 0.430 e. The summed E-state index contributed by atoms with van der Waals surface area (Å²) in [5, 5.41) is 58.5. The summed E-state index contributed by atoms with van der Waals surface area (Å²) < 4.78 is 95.5. The molecule has 65 heavy (non-hydrogen) atoms. The van der Waals surface area contributed by atoms with Crippen molar-refractivity contribution in [1.29, 1.82) is 0 Å². The number of ether oxygens (including phenoxy) is 2. The summed E-state index contributed by atoms with van der Waals surface area (Å²) in [6.45, 7) is 5.34. The molecule has 0 bridgehead atoms. The molecule has 6 N–H and O–H groups in total. The van der Waals surface area contributed by atoms with E-state index in [0.29, 0.717) is 30.2 Å². The highest BCUT2D eigenvalue weighted by Gasteiger charge is 2.80. The molecular formula is C51H52F6O8. The lowest BCUT2D eigenvalue weighted by atomic mass is 9.76. The molecule has 2 atom stereocenters. The third kappa shape index (κ3) is 11.2. The SMILES string of the molecule is CC(Oc1cccc(-c2ccccc2)c1)(c1ccc(CO)c(CO)c1)C(O)(C(F)(F)F)C(F)(F)F.Cc1cc(C(O)C(C)C)ccc1-c1cccc(OCc2ccc(CO)c(CO)c2)c1. The normalized spacial score (nSPS) is 13.4. The fourth-order valence-electron chi connectivity index (χ4n) is 7.44. The number of aryl methyl sites for hydroxylation is 1. The zero-order valence-electron chi connectivity index (χ0n) is 36.2. The standard InChI is InChI=1S/C26H30O4.C25H22F6O4/c1-17(2)26(29)21-9-10-25(18(3)11-21)20-5-4-6-24(13-20)30-16-19-7-8-22(14-27)23(12-19)15-28;1-22(23(34,24(26,27)28)25(29,30)31,20-11-10-18(14-32)19(12-20)15-33)35-21-9-5-8-17(13-21)16-6-3-2-4-7-16/h4-13,17,26-29H,14-16H2,1-3H3;2-13,32-34H,14-15H2,1H3. The molecule has 14 heteroatoms. The van der Waals surface area contributed by atoms with Gasteiger partial charge in [-0.05, 0) is 123 Å². The van der Waals surface area contributed by atoms with Crippen molar-refractivity contribution >= 4 is 0 Å². The van der Waals surface area contributed by atoms with Gasteiger partial charge in [0.2, 0.25) is 0 Å². The first-order chi connectivity index (χ1) is 30.7. The number of hydrogen-bond acceptors (Lipinski definition) is 8. The topological polar surface area (TPSA) is 140 Å². The van der Waals surface area contributed by atoms with Gasteiger partial charge in [-0.15, -0.1) is 0 Å². The molecule has 6 rings (SSSR count). The molecule has 6 aromatic rings. The Bertz CT molecular complexity index is 2490. The first-order valence-corrected chi connectivity index (χ1v) is 20.6. The zero-order chi connectivity index (χ0) is 47.7. The molecule has 0 aliphatic heterocycles. The smallest absolute Gasteiger partial charge is 0.430 e. The molecule has 0 saturated carbocycles. The van der Waals surface area contributed by atoms with Crippen LogP contribution in [0.4, 0.5) is 26.3 Å². The van der Waals surface area contributed by atoms with Gasteiger partial charge in [-0.25, -0.2) is 0 Å². The Morgan fingerprint density at radius 1 is 0.554 bits per heavy atom. The van der Waals surface area contributed by atoms with E-state index in [0.717, 1.165) is 57.3 Å². The van der Waals surface area contributed by atoms with E-state index in [1.54, 1.807) is 36.4 Å². The molecule has 0 saturated heterocycles. The van der Waals surface area contributed by atoms with Crippen molar-refractivity contribution in [3.8, 4) is 33.8 Å². The molecule has 0 aliphatic rings. The summed E-state index contributed by atoms with van der Waals surface area (Å²) in [7, 11) is 0. The lowest BCUT2D eigenvalue weighted by Crippen LogP contribution is -2.70. The van der Waals surface area contributed by atoms with Crippen LogP contribution in [0.3, 0.4) is 0 Å². The molecule has 0 aliphatic carbocycles. The van der Waals surface area contributed by atoms with E-state index >= 15 is 0 Å². The number of hydrogen-bond donors (Lipinski definition) is 6. The summed E-state index contributed by atoms with van der Waals surface area (Å²) in [5.74, 6) is 0.567. The number of halogens is 6. The highest BCUT2D eigenvalue weighted by molar-refractivity contribution is 5.69. The Balaban J connectivity index is 0.000000247. The zero-order valence-corrected chi connectivity index (χ0v) is 36.2. The average molecular weight is 907 g/mol. The Kier molecular flexibility index (Phi) is 16.3. The fraction of sp³-hybridized carbons (Fsp3) is 0.294. The van der Waals surface area contributed by atoms with E-state index in [2.05, 4.69) is 13.0 Å². The summed E-state index contributed by atoms with van der Waals surface area (Å²) in [5.41, 5.74) is -1.85. The average Bonchev–Trinajstić information content (AvgIpc) is 3.29. The molecule has 2 unspecified atom stereocenters. The fourth-order valence-corrected chi connectivity index (χ4v) is 7.44. The van der Waals surface area contributed by atoms with Gasteiger partial charge in [0.1, 0.15) is 18.1 Å². The largest absolute Gasteiger partial charge is 0.489 e. The number of aliphatic hydroxyl groups is 6. The van der Waals surface area contributed by atoms with Gasteiger partial charge in [0.05, 0.1) is 32.5 Å². The monoisotopic (exact) mass is 906 g/mol. The van der Waals surface area contributed by atoms with Crippen molar-refractivity contribution < 1.29 is 66.5 Å². The van der Waals surface area contributed by atoms with Crippen LogP contribution in [0.15, 0.2) is 133 Å². The lowest BCUT2D eigenvalue weighted by Gasteiger charge is -2.46. The third-order valence-electron chi connectivity index (χ3n) is 11.3. The minimum Gasteiger partial charge on any atom is -0.489 e. The first-order valence-electron chi connectivity index (χ1n) is 20.6. The predicted molar refractivity (Wildman–Crippen MR) is 234 cm³/mol. The van der Waals surface area contributed by atoms with E-state index in [1.165, 1.54) is 18.2 Å². The van der Waals surface area contributed by atoms with Crippen molar-refractivity contribution in [3.63, 3.8) is 0 Å². The number of aliphatic hydroxyl groups excluding tert-OH is 5. The van der Waals surface area contributed by atoms with E-state index in [9.17, 15) is 57.0 Å². The van der Waals surface area contributed by atoms with Gasteiger partial charge in [-0.3, -0.25) is 0 Å². The van der Waals surface area contributed by atoms with Crippen molar-refractivity contribution in [2.75, 3.05) is 0 Å². The van der Waals surface area contributed by atoms with Gasteiger partial charge >= 0.3 is 18.0 Å². The number of benzene rings is 6. The summed E-state index contributed by atoms with van der Waals surface area (Å²) in [6, 6.07) is 36.4. The van der Waals surface area contributed by atoms with E-state index in [-0.39, 0.29) is 36.0 Å². The van der Waals surface area contributed by atoms with Gasteiger partial charge < -0.3 is 40.1 Å². The Labute approximate surface area is 373 Å². The Morgan fingerprint density at radius 2 is 1.09 bits per heavy atom. The van der Waals surface area contributed by atoms with E-state index in [4.69, 9.17) is 9.47 Å². The number of rotatable bonds is 15. The molecule has 0 spiro atoms. The summed E-state index contributed by atoms with van der Waals surface area (Å²) in [6.07, 6.45) is -12.9. The Morgan fingerprint density at radius 3 is 1.66 bits per heavy atom. The van der Waals surface area contributed by atoms with Crippen LogP contribution < -0.4 is 9.47 Å². The molecule has 0 fully saturated rings. The molecule has 346 valence electrons. The van der Waals surface area contributed by atoms with Gasteiger partial charge in [0.25, 0.3) is 0 Å². The predicted octanol–water partition coefficient (Wildman–Crippen LogP) is 10.4. The van der Waals surface area contributed by atoms with Crippen molar-refractivity contribution in [2.45, 2.75) is 90.4 Å². The molecule has 0 amide bonds. The summed E-state index contributed by atoms with van der Waals surface area (Å²) in [4.78, 5) is 0. The molecule has 0 radical (unpaired) electrons. The van der Waals surface area contributed by atoms with E-state index in [1.807, 2.05) is 68.4 Å². The van der Waals surface area contributed by atoms with Crippen LogP contribution in [0.1, 0.15) is 71.4 Å². The molecule has 0 aromatic heterocycles. The maximum absolute atomic E-state index is 14.0. The molecule has 0 heterocycles. The Hall–Kier alpha value is -5.74. The maximum atomic E-state index is 14.0. The minimum atomic E-state index is -6.20. The van der Waals surface area contributed by atoms with Gasteiger partial charge in [0.15, 0.2) is 5.60 Å². The highest BCUT2D eigenvalue weighted by atomic mass is 19.4. The first kappa shape index (κ1) is 50.3. The van der Waals surface area contributed by atoms with Crippen LogP contribution in [0.2, 0.25) is 0 Å². The number of alkyl halides is 6. The van der Waals surface area contributed by atoms with Crippen LogP contribution >= 0.6 is 0 Å². The van der Waals surface area contributed by atoms with Gasteiger partial charge in [-0.1, -0.05) is 111 Å². The third-order valence-corrected chi connectivity index (χ3v) is 11.3. The van der Waals surface area contributed by atoms with E-state index < -0.39 is 48.4 Å². The molecular weight excluding hydrogens is 855 g/mol. The van der Waals surface area contributed by atoms with Crippen LogP contribution in [0, 0.1) is 12.8 Å². The van der Waals surface area contributed by atoms with Crippen LogP contribution in [0.5, 0.6) is 11.5 Å². The van der Waals surface area contributed by atoms with Crippen molar-refractivity contribution in [1.82, 2.24) is 0 Å². The second kappa shape index (κ2) is 21.0. The van der Waals surface area contributed by atoms with Crippen molar-refractivity contribution in [2.24, 2.45) is 5.92 Å². The lowest BCUT2D eigenvalue weighted by molar-refractivity contribution is -0.409. The van der Waals surface area contributed by atoms with Crippen LogP contribution in [-0.4, -0.2) is 48.6 Å². The molecule has 8 nitrogen and oxygen atoms in total. The highest BCUT2D eigenvalue weighted by Crippen LogP contribution is 2.55. The second-order valence-corrected chi connectivity index (χ2v) is 16.0. The van der Waals surface area contributed by atoms with Gasteiger partial charge in [-0.2, -0.15) is 26.3 Å². The van der Waals surface area contributed by atoms with Crippen LogP contribution in [-0.2, 0) is 38.6 Å². The minimum absolute atomic E-state index is 0.0900. The quantitative estimate of drug-likeness (QED) is 0.0560. The van der Waals surface area contributed by atoms with Gasteiger partial charge in [0, 0.05) is 0 Å².